The van der Waals surface area contributed by atoms with Crippen molar-refractivity contribution >= 4 is 28.9 Å². The van der Waals surface area contributed by atoms with Crippen LogP contribution < -0.4 is 20.9 Å². The topological polar surface area (TPSA) is 87.4 Å². The number of nitrogen functional groups attached to an aromatic ring is 1. The van der Waals surface area contributed by atoms with Gasteiger partial charge in [0, 0.05) is 36.7 Å². The zero-order valence-electron chi connectivity index (χ0n) is 19.9. The van der Waals surface area contributed by atoms with Gasteiger partial charge in [-0.25, -0.2) is 9.97 Å². The largest absolute Gasteiger partial charge is 0.384 e. The van der Waals surface area contributed by atoms with Gasteiger partial charge in [-0.15, -0.1) is 0 Å². The Hall–Kier alpha value is -3.61. The van der Waals surface area contributed by atoms with Gasteiger partial charge in [0.1, 0.15) is 11.6 Å². The molecule has 2 aliphatic rings. The van der Waals surface area contributed by atoms with Gasteiger partial charge in [0.05, 0.1) is 17.8 Å². The molecule has 1 aromatic carbocycles. The molecule has 0 unspecified atom stereocenters. The number of piperidine rings is 1. The second kappa shape index (κ2) is 9.33. The third kappa shape index (κ3) is 4.69. The smallest absolute Gasteiger partial charge is 0.259 e. The average molecular weight is 457 g/mol. The number of carbonyl (C=O) groups is 1. The quantitative estimate of drug-likeness (QED) is 0.591. The van der Waals surface area contributed by atoms with Gasteiger partial charge in [0.2, 0.25) is 0 Å². The predicted molar refractivity (Wildman–Crippen MR) is 137 cm³/mol. The van der Waals surface area contributed by atoms with Crippen molar-refractivity contribution < 1.29 is 4.79 Å². The Morgan fingerprint density at radius 2 is 1.91 bits per heavy atom. The molecule has 176 valence electrons. The minimum absolute atomic E-state index is 0.111. The maximum Gasteiger partial charge on any atom is 0.259 e. The van der Waals surface area contributed by atoms with E-state index in [2.05, 4.69) is 39.2 Å². The van der Waals surface area contributed by atoms with Crippen molar-refractivity contribution in [1.29, 1.82) is 0 Å². The van der Waals surface area contributed by atoms with Crippen LogP contribution in [0.15, 0.2) is 48.5 Å². The zero-order valence-corrected chi connectivity index (χ0v) is 19.9. The van der Waals surface area contributed by atoms with E-state index >= 15 is 0 Å². The SMILES string of the molecule is Cc1ccc(C(=O)Nc2ccc3c(c2)CCN3Cc2cccc(N)n2)c(N2CCC(C)CC2)n1. The predicted octanol–water partition coefficient (Wildman–Crippen LogP) is 4.42. The van der Waals surface area contributed by atoms with Crippen molar-refractivity contribution in [1.82, 2.24) is 9.97 Å². The van der Waals surface area contributed by atoms with E-state index < -0.39 is 0 Å². The monoisotopic (exact) mass is 456 g/mol. The second-order valence-corrected chi connectivity index (χ2v) is 9.52. The van der Waals surface area contributed by atoms with E-state index in [1.54, 1.807) is 6.07 Å². The number of aryl methyl sites for hydroxylation is 1. The van der Waals surface area contributed by atoms with Crippen LogP contribution in [0.4, 0.5) is 23.0 Å². The molecule has 4 heterocycles. The number of fused-ring (bicyclic) bond motifs is 1. The highest BCUT2D eigenvalue weighted by Gasteiger charge is 2.24. The molecule has 0 spiro atoms. The zero-order chi connectivity index (χ0) is 23.7. The molecule has 0 bridgehead atoms. The highest BCUT2D eigenvalue weighted by molar-refractivity contribution is 6.07. The van der Waals surface area contributed by atoms with E-state index in [1.165, 1.54) is 11.3 Å². The molecule has 34 heavy (non-hydrogen) atoms. The number of hydrogen-bond donors (Lipinski definition) is 2. The summed E-state index contributed by atoms with van der Waals surface area (Å²) in [6, 6.07) is 15.7. The van der Waals surface area contributed by atoms with Gasteiger partial charge in [0.25, 0.3) is 5.91 Å². The van der Waals surface area contributed by atoms with Gasteiger partial charge >= 0.3 is 0 Å². The number of aromatic nitrogens is 2. The van der Waals surface area contributed by atoms with E-state index in [0.717, 1.165) is 74.3 Å². The molecule has 1 amide bonds. The lowest BCUT2D eigenvalue weighted by atomic mass is 9.99. The number of carbonyl (C=O) groups excluding carboxylic acids is 1. The highest BCUT2D eigenvalue weighted by Crippen LogP contribution is 2.32. The maximum absolute atomic E-state index is 13.3. The summed E-state index contributed by atoms with van der Waals surface area (Å²) in [5.74, 6) is 1.95. The van der Waals surface area contributed by atoms with Crippen LogP contribution in [0.1, 0.15) is 47.1 Å². The molecule has 2 aliphatic heterocycles. The fourth-order valence-corrected chi connectivity index (χ4v) is 4.87. The summed E-state index contributed by atoms with van der Waals surface area (Å²) in [4.78, 5) is 27.0. The molecule has 3 aromatic rings. The molecule has 1 saturated heterocycles. The molecule has 0 aliphatic carbocycles. The number of hydrogen-bond acceptors (Lipinski definition) is 6. The van der Waals surface area contributed by atoms with E-state index in [4.69, 9.17) is 10.7 Å². The van der Waals surface area contributed by atoms with E-state index in [1.807, 2.05) is 37.3 Å². The molecule has 0 saturated carbocycles. The van der Waals surface area contributed by atoms with Crippen LogP contribution >= 0.6 is 0 Å². The summed E-state index contributed by atoms with van der Waals surface area (Å²) in [5.41, 5.74) is 11.6. The van der Waals surface area contributed by atoms with Crippen LogP contribution in [-0.2, 0) is 13.0 Å². The lowest BCUT2D eigenvalue weighted by molar-refractivity contribution is 0.102. The first-order valence-electron chi connectivity index (χ1n) is 12.1. The first kappa shape index (κ1) is 22.2. The maximum atomic E-state index is 13.3. The molecule has 0 atom stereocenters. The number of rotatable bonds is 5. The Bertz CT molecular complexity index is 1200. The summed E-state index contributed by atoms with van der Waals surface area (Å²) >= 11 is 0. The number of anilines is 4. The molecule has 5 rings (SSSR count). The number of nitrogens with zero attached hydrogens (tertiary/aromatic N) is 4. The Labute approximate surface area is 201 Å². The number of benzene rings is 1. The molecule has 7 heteroatoms. The summed E-state index contributed by atoms with van der Waals surface area (Å²) in [7, 11) is 0. The van der Waals surface area contributed by atoms with Crippen LogP contribution in [0.2, 0.25) is 0 Å². The average Bonchev–Trinajstić information content (AvgIpc) is 3.21. The number of pyridine rings is 2. The molecular formula is C27H32N6O. The number of nitrogens with one attached hydrogen (secondary N) is 1. The van der Waals surface area contributed by atoms with Crippen molar-refractivity contribution in [3.05, 3.63) is 71.0 Å². The van der Waals surface area contributed by atoms with E-state index in [0.29, 0.717) is 11.4 Å². The summed E-state index contributed by atoms with van der Waals surface area (Å²) in [6.45, 7) is 7.78. The molecule has 1 fully saturated rings. The third-order valence-corrected chi connectivity index (χ3v) is 6.85. The molecule has 7 nitrogen and oxygen atoms in total. The molecular weight excluding hydrogens is 424 g/mol. The van der Waals surface area contributed by atoms with Crippen LogP contribution in [0.25, 0.3) is 0 Å². The Balaban J connectivity index is 1.32. The van der Waals surface area contributed by atoms with Crippen LogP contribution in [0.5, 0.6) is 0 Å². The Kier molecular flexibility index (Phi) is 6.09. The normalized spacial score (nSPS) is 15.9. The van der Waals surface area contributed by atoms with E-state index in [9.17, 15) is 4.79 Å². The van der Waals surface area contributed by atoms with Crippen LogP contribution in [0.3, 0.4) is 0 Å². The van der Waals surface area contributed by atoms with Crippen molar-refractivity contribution in [3.63, 3.8) is 0 Å². The number of nitrogens with two attached hydrogens (primary N) is 1. The Morgan fingerprint density at radius 1 is 1.09 bits per heavy atom. The first-order valence-corrected chi connectivity index (χ1v) is 12.1. The van der Waals surface area contributed by atoms with Gasteiger partial charge in [-0.1, -0.05) is 13.0 Å². The third-order valence-electron chi connectivity index (χ3n) is 6.85. The first-order chi connectivity index (χ1) is 16.5. The highest BCUT2D eigenvalue weighted by atomic mass is 16.1. The summed E-state index contributed by atoms with van der Waals surface area (Å²) in [5, 5.41) is 3.11. The van der Waals surface area contributed by atoms with Gasteiger partial charge < -0.3 is 20.9 Å². The minimum atomic E-state index is -0.111. The lowest BCUT2D eigenvalue weighted by Gasteiger charge is -2.32. The van der Waals surface area contributed by atoms with Gasteiger partial charge in [-0.05, 0) is 80.1 Å². The lowest BCUT2D eigenvalue weighted by Crippen LogP contribution is -2.35. The fourth-order valence-electron chi connectivity index (χ4n) is 4.87. The van der Waals surface area contributed by atoms with Gasteiger partial charge in [0.15, 0.2) is 0 Å². The summed E-state index contributed by atoms with van der Waals surface area (Å²) < 4.78 is 0. The number of amides is 1. The minimum Gasteiger partial charge on any atom is -0.384 e. The van der Waals surface area contributed by atoms with Crippen molar-refractivity contribution in [2.75, 3.05) is 40.5 Å². The molecule has 2 aromatic heterocycles. The van der Waals surface area contributed by atoms with Gasteiger partial charge in [-0.2, -0.15) is 0 Å². The van der Waals surface area contributed by atoms with E-state index in [-0.39, 0.29) is 5.91 Å². The van der Waals surface area contributed by atoms with Crippen molar-refractivity contribution in [3.8, 4) is 0 Å². The second-order valence-electron chi connectivity index (χ2n) is 9.52. The van der Waals surface area contributed by atoms with Crippen LogP contribution in [-0.4, -0.2) is 35.5 Å². The van der Waals surface area contributed by atoms with Crippen molar-refractivity contribution in [2.45, 2.75) is 39.7 Å². The fraction of sp³-hybridized carbons (Fsp3) is 0.370. The molecule has 3 N–H and O–H groups in total. The van der Waals surface area contributed by atoms with Gasteiger partial charge in [-0.3, -0.25) is 4.79 Å². The molecule has 0 radical (unpaired) electrons. The Morgan fingerprint density at radius 3 is 2.71 bits per heavy atom. The standard InChI is InChI=1S/C27H32N6O/c1-18-10-13-32(14-11-18)26-23(8-6-19(2)29-26)27(34)31-21-7-9-24-20(16-21)12-15-33(24)17-22-4-3-5-25(28)30-22/h3-9,16,18H,10-15,17H2,1-2H3,(H2,28,30)(H,31,34). The summed E-state index contributed by atoms with van der Waals surface area (Å²) in [6.07, 6.45) is 3.19. The van der Waals surface area contributed by atoms with Crippen LogP contribution in [0, 0.1) is 12.8 Å². The van der Waals surface area contributed by atoms with Crippen molar-refractivity contribution in [2.24, 2.45) is 5.92 Å².